The van der Waals surface area contributed by atoms with Crippen LogP contribution in [0.4, 0.5) is 5.69 Å². The van der Waals surface area contributed by atoms with Gasteiger partial charge in [-0.2, -0.15) is 0 Å². The van der Waals surface area contributed by atoms with Crippen molar-refractivity contribution in [3.63, 3.8) is 0 Å². The Hall–Kier alpha value is -1.22. The number of nitrogens with two attached hydrogens (primary N) is 1. The van der Waals surface area contributed by atoms with E-state index in [0.29, 0.717) is 0 Å². The highest BCUT2D eigenvalue weighted by Crippen LogP contribution is 2.19. The highest BCUT2D eigenvalue weighted by Gasteiger charge is 2.10. The van der Waals surface area contributed by atoms with Gasteiger partial charge >= 0.3 is 0 Å². The fraction of sp³-hybridized carbons (Fsp3) is 0.417. The third-order valence-corrected chi connectivity index (χ3v) is 2.90. The van der Waals surface area contributed by atoms with Crippen molar-refractivity contribution in [3.8, 4) is 0 Å². The Labute approximate surface area is 103 Å². The van der Waals surface area contributed by atoms with Crippen LogP contribution in [0, 0.1) is 5.41 Å². The van der Waals surface area contributed by atoms with Crippen molar-refractivity contribution in [2.45, 2.75) is 19.3 Å². The van der Waals surface area contributed by atoms with E-state index in [2.05, 4.69) is 17.0 Å². The lowest BCUT2D eigenvalue weighted by molar-refractivity contribution is 0.578. The van der Waals surface area contributed by atoms with Gasteiger partial charge in [0, 0.05) is 24.3 Å². The summed E-state index contributed by atoms with van der Waals surface area (Å²) in [5.41, 5.74) is 7.46. The second-order valence-electron chi connectivity index (χ2n) is 4.01. The monoisotopic (exact) mass is 239 g/mol. The molecule has 3 nitrogen and oxygen atoms in total. The van der Waals surface area contributed by atoms with E-state index in [9.17, 15) is 0 Å². The van der Waals surface area contributed by atoms with Gasteiger partial charge in [0.2, 0.25) is 0 Å². The molecule has 0 spiro atoms. The number of hydrogen-bond donors (Lipinski definition) is 2. The largest absolute Gasteiger partial charge is 0.384 e. The Balaban J connectivity index is 0.00000128. The van der Waals surface area contributed by atoms with Crippen molar-refractivity contribution in [1.82, 2.24) is 0 Å². The molecule has 0 aromatic heterocycles. The van der Waals surface area contributed by atoms with Crippen molar-refractivity contribution in [2.75, 3.05) is 18.0 Å². The van der Waals surface area contributed by atoms with Crippen molar-refractivity contribution < 1.29 is 0 Å². The van der Waals surface area contributed by atoms with Gasteiger partial charge in [0.15, 0.2) is 0 Å². The number of amidine groups is 1. The van der Waals surface area contributed by atoms with Gasteiger partial charge in [-0.1, -0.05) is 0 Å². The number of nitrogens with zero attached hydrogens (tertiary/aromatic N) is 1. The van der Waals surface area contributed by atoms with Crippen LogP contribution in [-0.4, -0.2) is 18.9 Å². The van der Waals surface area contributed by atoms with Gasteiger partial charge in [0.1, 0.15) is 5.84 Å². The van der Waals surface area contributed by atoms with E-state index in [4.69, 9.17) is 11.1 Å². The Bertz CT molecular complexity index is 342. The van der Waals surface area contributed by atoms with E-state index in [-0.39, 0.29) is 18.2 Å². The van der Waals surface area contributed by atoms with E-state index in [1.54, 1.807) is 0 Å². The lowest BCUT2D eigenvalue weighted by Gasteiger charge is -2.28. The number of nitrogen functional groups attached to an aromatic ring is 1. The number of benzene rings is 1. The number of piperidine rings is 1. The summed E-state index contributed by atoms with van der Waals surface area (Å²) in [5, 5.41) is 7.31. The van der Waals surface area contributed by atoms with Crippen LogP contribution in [0.25, 0.3) is 0 Å². The van der Waals surface area contributed by atoms with Gasteiger partial charge in [-0.3, -0.25) is 5.41 Å². The minimum atomic E-state index is 0. The molecule has 3 N–H and O–H groups in total. The molecular weight excluding hydrogens is 222 g/mol. The molecule has 0 unspecified atom stereocenters. The van der Waals surface area contributed by atoms with Crippen molar-refractivity contribution in [3.05, 3.63) is 29.8 Å². The molecule has 4 heteroatoms. The molecule has 2 rings (SSSR count). The van der Waals surface area contributed by atoms with E-state index in [1.807, 2.05) is 12.1 Å². The number of anilines is 1. The first kappa shape index (κ1) is 12.8. The summed E-state index contributed by atoms with van der Waals surface area (Å²) >= 11 is 0. The smallest absolute Gasteiger partial charge is 0.122 e. The van der Waals surface area contributed by atoms with E-state index < -0.39 is 0 Å². The van der Waals surface area contributed by atoms with Crippen LogP contribution in [0.15, 0.2) is 24.3 Å². The molecule has 1 aromatic rings. The first-order valence-electron chi connectivity index (χ1n) is 5.47. The number of halogens is 1. The Morgan fingerprint density at radius 3 is 2.12 bits per heavy atom. The van der Waals surface area contributed by atoms with Gasteiger partial charge in [-0.15, -0.1) is 12.4 Å². The predicted octanol–water partition coefficient (Wildman–Crippen LogP) is 2.38. The third kappa shape index (κ3) is 2.89. The van der Waals surface area contributed by atoms with Crippen molar-refractivity contribution in [1.29, 1.82) is 5.41 Å². The maximum atomic E-state index is 7.31. The van der Waals surface area contributed by atoms with Gasteiger partial charge in [0.05, 0.1) is 0 Å². The fourth-order valence-corrected chi connectivity index (χ4v) is 2.00. The van der Waals surface area contributed by atoms with Crippen LogP contribution in [0.2, 0.25) is 0 Å². The van der Waals surface area contributed by atoms with E-state index in [0.717, 1.165) is 18.7 Å². The van der Waals surface area contributed by atoms with Crippen LogP contribution in [0.1, 0.15) is 24.8 Å². The zero-order valence-electron chi connectivity index (χ0n) is 9.28. The van der Waals surface area contributed by atoms with Crippen molar-refractivity contribution >= 4 is 23.9 Å². The molecule has 1 heterocycles. The van der Waals surface area contributed by atoms with Crippen molar-refractivity contribution in [2.24, 2.45) is 5.73 Å². The first-order chi connectivity index (χ1) is 7.27. The van der Waals surface area contributed by atoms with Crippen LogP contribution in [0.3, 0.4) is 0 Å². The Morgan fingerprint density at radius 2 is 1.62 bits per heavy atom. The van der Waals surface area contributed by atoms with Crippen LogP contribution in [-0.2, 0) is 0 Å². The highest BCUT2D eigenvalue weighted by molar-refractivity contribution is 5.95. The number of nitrogens with one attached hydrogen (secondary N) is 1. The predicted molar refractivity (Wildman–Crippen MR) is 70.8 cm³/mol. The van der Waals surface area contributed by atoms with Gasteiger partial charge in [-0.25, -0.2) is 0 Å². The highest BCUT2D eigenvalue weighted by atomic mass is 35.5. The molecule has 0 aliphatic carbocycles. The molecule has 1 saturated heterocycles. The molecule has 0 saturated carbocycles. The molecule has 1 aliphatic rings. The maximum absolute atomic E-state index is 7.31. The normalized spacial score (nSPS) is 15.4. The number of rotatable bonds is 2. The van der Waals surface area contributed by atoms with Gasteiger partial charge < -0.3 is 10.6 Å². The molecule has 0 bridgehead atoms. The molecule has 88 valence electrons. The fourth-order valence-electron chi connectivity index (χ4n) is 2.00. The third-order valence-electron chi connectivity index (χ3n) is 2.90. The maximum Gasteiger partial charge on any atom is 0.122 e. The summed E-state index contributed by atoms with van der Waals surface area (Å²) in [7, 11) is 0. The molecular formula is C12H18ClN3. The Morgan fingerprint density at radius 1 is 1.06 bits per heavy atom. The van der Waals surface area contributed by atoms with Crippen LogP contribution < -0.4 is 10.6 Å². The standard InChI is InChI=1S/C12H17N3.ClH/c13-12(14)10-4-6-11(7-5-10)15-8-2-1-3-9-15;/h4-7H,1-3,8-9H2,(H3,13,14);1H. The minimum absolute atomic E-state index is 0. The second-order valence-corrected chi connectivity index (χ2v) is 4.01. The first-order valence-corrected chi connectivity index (χ1v) is 5.47. The number of hydrogen-bond acceptors (Lipinski definition) is 2. The average Bonchev–Trinajstić information content (AvgIpc) is 2.30. The Kier molecular flexibility index (Phi) is 4.62. The topological polar surface area (TPSA) is 53.1 Å². The molecule has 16 heavy (non-hydrogen) atoms. The molecule has 0 amide bonds. The van der Waals surface area contributed by atoms with Crippen LogP contribution >= 0.6 is 12.4 Å². The summed E-state index contributed by atoms with van der Waals surface area (Å²) in [5.74, 6) is 0.139. The molecule has 0 radical (unpaired) electrons. The van der Waals surface area contributed by atoms with E-state index >= 15 is 0 Å². The molecule has 1 aliphatic heterocycles. The second kappa shape index (κ2) is 5.75. The summed E-state index contributed by atoms with van der Waals surface area (Å²) in [4.78, 5) is 2.40. The summed E-state index contributed by atoms with van der Waals surface area (Å²) < 4.78 is 0. The van der Waals surface area contributed by atoms with Gasteiger partial charge in [0.25, 0.3) is 0 Å². The summed E-state index contributed by atoms with van der Waals surface area (Å²) in [6, 6.07) is 7.96. The zero-order valence-corrected chi connectivity index (χ0v) is 10.1. The lowest BCUT2D eigenvalue weighted by Crippen LogP contribution is -2.29. The minimum Gasteiger partial charge on any atom is -0.384 e. The molecule has 1 fully saturated rings. The zero-order chi connectivity index (χ0) is 10.7. The van der Waals surface area contributed by atoms with Crippen LogP contribution in [0.5, 0.6) is 0 Å². The molecule has 1 aromatic carbocycles. The van der Waals surface area contributed by atoms with E-state index in [1.165, 1.54) is 24.9 Å². The summed E-state index contributed by atoms with van der Waals surface area (Å²) in [6.07, 6.45) is 3.92. The molecule has 0 atom stereocenters. The summed E-state index contributed by atoms with van der Waals surface area (Å²) in [6.45, 7) is 2.30. The van der Waals surface area contributed by atoms with Gasteiger partial charge in [-0.05, 0) is 43.5 Å². The average molecular weight is 240 g/mol. The SMILES string of the molecule is Cl.N=C(N)c1ccc(N2CCCCC2)cc1. The quantitative estimate of drug-likeness (QED) is 0.615. The lowest BCUT2D eigenvalue weighted by atomic mass is 10.1.